The number of aromatic amines is 1. The largest absolute Gasteiger partial charge is 0.480 e. The summed E-state index contributed by atoms with van der Waals surface area (Å²) in [6.07, 6.45) is 3.83. The molecule has 184 valence electrons. The summed E-state index contributed by atoms with van der Waals surface area (Å²) in [5.74, 6) is -0.689. The molecule has 4 rings (SSSR count). The first-order chi connectivity index (χ1) is 17.0. The second kappa shape index (κ2) is 11.5. The standard InChI is InChI=1S/C26H31N5O4/c32-23(27-14-6-1-7-15-28-26-29-20-9-3-4-10-21(20)30-26)16-18-12-13-24(33)31(17-25(34)35)22-11-5-2-8-19(18)22/h2-5,8-11,18H,1,6-7,12-17H2,(H,27,32)(H,34,35)(H2,28,29,30). The van der Waals surface area contributed by atoms with Crippen molar-refractivity contribution in [1.29, 1.82) is 0 Å². The number of H-pyrrole nitrogens is 1. The molecule has 9 nitrogen and oxygen atoms in total. The van der Waals surface area contributed by atoms with Crippen molar-refractivity contribution < 1.29 is 19.5 Å². The van der Waals surface area contributed by atoms with Gasteiger partial charge in [-0.05, 0) is 55.4 Å². The number of nitrogens with zero attached hydrogens (tertiary/aromatic N) is 2. The van der Waals surface area contributed by atoms with Crippen LogP contribution in [-0.2, 0) is 14.4 Å². The van der Waals surface area contributed by atoms with E-state index in [9.17, 15) is 19.5 Å². The lowest BCUT2D eigenvalue weighted by Crippen LogP contribution is -2.35. The molecular formula is C26H31N5O4. The van der Waals surface area contributed by atoms with E-state index < -0.39 is 5.97 Å². The topological polar surface area (TPSA) is 127 Å². The molecule has 0 radical (unpaired) electrons. The number of carboxylic acid groups (broad SMARTS) is 1. The molecule has 3 aromatic rings. The van der Waals surface area contributed by atoms with Gasteiger partial charge in [-0.2, -0.15) is 0 Å². The van der Waals surface area contributed by atoms with Crippen LogP contribution in [0.4, 0.5) is 11.6 Å². The second-order valence-corrected chi connectivity index (χ2v) is 8.81. The molecule has 1 aliphatic rings. The summed E-state index contributed by atoms with van der Waals surface area (Å²) in [6.45, 7) is 1.02. The van der Waals surface area contributed by atoms with Crippen molar-refractivity contribution in [2.24, 2.45) is 0 Å². The number of aliphatic carboxylic acids is 1. The van der Waals surface area contributed by atoms with Crippen LogP contribution in [0.25, 0.3) is 11.0 Å². The summed E-state index contributed by atoms with van der Waals surface area (Å²) in [7, 11) is 0. The van der Waals surface area contributed by atoms with Crippen molar-refractivity contribution in [2.75, 3.05) is 29.9 Å². The van der Waals surface area contributed by atoms with Gasteiger partial charge in [-0.15, -0.1) is 0 Å². The number of benzene rings is 2. The zero-order chi connectivity index (χ0) is 24.6. The number of hydrogen-bond acceptors (Lipinski definition) is 5. The average Bonchev–Trinajstić information content (AvgIpc) is 3.22. The lowest BCUT2D eigenvalue weighted by molar-refractivity contribution is -0.136. The predicted octanol–water partition coefficient (Wildman–Crippen LogP) is 3.65. The van der Waals surface area contributed by atoms with Crippen molar-refractivity contribution in [2.45, 2.75) is 44.4 Å². The highest BCUT2D eigenvalue weighted by Crippen LogP contribution is 2.36. The zero-order valence-corrected chi connectivity index (χ0v) is 19.6. The molecule has 1 aliphatic heterocycles. The Hall–Kier alpha value is -3.88. The number of anilines is 2. The van der Waals surface area contributed by atoms with Crippen molar-refractivity contribution in [1.82, 2.24) is 15.3 Å². The van der Waals surface area contributed by atoms with Crippen molar-refractivity contribution in [3.05, 3.63) is 54.1 Å². The van der Waals surface area contributed by atoms with E-state index in [1.807, 2.05) is 36.4 Å². The van der Waals surface area contributed by atoms with E-state index in [2.05, 4.69) is 20.6 Å². The summed E-state index contributed by atoms with van der Waals surface area (Å²) in [5.41, 5.74) is 3.39. The summed E-state index contributed by atoms with van der Waals surface area (Å²) in [5, 5.41) is 15.5. The first-order valence-corrected chi connectivity index (χ1v) is 12.1. The minimum atomic E-state index is -1.06. The van der Waals surface area contributed by atoms with E-state index in [1.54, 1.807) is 12.1 Å². The van der Waals surface area contributed by atoms with E-state index in [4.69, 9.17) is 0 Å². The molecule has 1 atom stereocenters. The molecule has 0 bridgehead atoms. The summed E-state index contributed by atoms with van der Waals surface area (Å²) in [6, 6.07) is 15.2. The highest BCUT2D eigenvalue weighted by molar-refractivity contribution is 5.99. The third-order valence-corrected chi connectivity index (χ3v) is 6.26. The second-order valence-electron chi connectivity index (χ2n) is 8.81. The summed E-state index contributed by atoms with van der Waals surface area (Å²) < 4.78 is 0. The lowest BCUT2D eigenvalue weighted by atomic mass is 9.90. The van der Waals surface area contributed by atoms with Gasteiger partial charge in [-0.1, -0.05) is 30.3 Å². The Morgan fingerprint density at radius 1 is 1.06 bits per heavy atom. The molecule has 9 heteroatoms. The van der Waals surface area contributed by atoms with E-state index in [0.717, 1.165) is 48.4 Å². The number of carbonyl (C=O) groups excluding carboxylic acids is 2. The van der Waals surface area contributed by atoms with Crippen LogP contribution in [0, 0.1) is 0 Å². The Bertz CT molecular complexity index is 1160. The first-order valence-electron chi connectivity index (χ1n) is 12.1. The van der Waals surface area contributed by atoms with E-state index >= 15 is 0 Å². The van der Waals surface area contributed by atoms with Crippen molar-refractivity contribution >= 4 is 40.5 Å². The molecule has 0 aliphatic carbocycles. The van der Waals surface area contributed by atoms with Crippen LogP contribution >= 0.6 is 0 Å². The van der Waals surface area contributed by atoms with Crippen LogP contribution in [0.3, 0.4) is 0 Å². The average molecular weight is 478 g/mol. The Kier molecular flexibility index (Phi) is 7.97. The van der Waals surface area contributed by atoms with E-state index in [1.165, 1.54) is 4.90 Å². The quantitative estimate of drug-likeness (QED) is 0.312. The van der Waals surface area contributed by atoms with Crippen LogP contribution in [0.15, 0.2) is 48.5 Å². The number of hydrogen-bond donors (Lipinski definition) is 4. The van der Waals surface area contributed by atoms with E-state index in [0.29, 0.717) is 18.7 Å². The van der Waals surface area contributed by atoms with Gasteiger partial charge in [-0.25, -0.2) is 4.98 Å². The fourth-order valence-corrected chi connectivity index (χ4v) is 4.52. The van der Waals surface area contributed by atoms with Crippen LogP contribution in [-0.4, -0.2) is 52.5 Å². The number of carboxylic acids is 1. The molecule has 2 aromatic carbocycles. The van der Waals surface area contributed by atoms with Crippen LogP contribution in [0.1, 0.15) is 50.0 Å². The Labute approximate surface area is 203 Å². The number of carbonyl (C=O) groups is 3. The van der Waals surface area contributed by atoms with Gasteiger partial charge in [0.1, 0.15) is 6.54 Å². The number of imidazole rings is 1. The fraction of sp³-hybridized carbons (Fsp3) is 0.385. The number of aromatic nitrogens is 2. The molecule has 0 saturated heterocycles. The maximum Gasteiger partial charge on any atom is 0.323 e. The monoisotopic (exact) mass is 477 g/mol. The van der Waals surface area contributed by atoms with Gasteiger partial charge in [0.05, 0.1) is 11.0 Å². The molecule has 2 heterocycles. The predicted molar refractivity (Wildman–Crippen MR) is 134 cm³/mol. The number of fused-ring (bicyclic) bond motifs is 2. The third-order valence-electron chi connectivity index (χ3n) is 6.26. The van der Waals surface area contributed by atoms with Crippen molar-refractivity contribution in [3.8, 4) is 0 Å². The van der Waals surface area contributed by atoms with E-state index in [-0.39, 0.29) is 37.1 Å². The summed E-state index contributed by atoms with van der Waals surface area (Å²) in [4.78, 5) is 45.4. The molecule has 0 fully saturated rings. The van der Waals surface area contributed by atoms with Gasteiger partial charge in [0.15, 0.2) is 0 Å². The number of para-hydroxylation sites is 3. The van der Waals surface area contributed by atoms with Gasteiger partial charge in [0.25, 0.3) is 0 Å². The molecule has 4 N–H and O–H groups in total. The van der Waals surface area contributed by atoms with Gasteiger partial charge >= 0.3 is 5.97 Å². The van der Waals surface area contributed by atoms with Gasteiger partial charge in [0.2, 0.25) is 17.8 Å². The van der Waals surface area contributed by atoms with Gasteiger partial charge in [0, 0.05) is 31.6 Å². The number of unbranched alkanes of at least 4 members (excludes halogenated alkanes) is 2. The van der Waals surface area contributed by atoms with Crippen LogP contribution in [0.5, 0.6) is 0 Å². The highest BCUT2D eigenvalue weighted by atomic mass is 16.4. The maximum absolute atomic E-state index is 12.6. The normalized spacial score (nSPS) is 15.5. The highest BCUT2D eigenvalue weighted by Gasteiger charge is 2.30. The number of amides is 2. The molecule has 0 saturated carbocycles. The number of rotatable bonds is 11. The Morgan fingerprint density at radius 2 is 1.83 bits per heavy atom. The van der Waals surface area contributed by atoms with Gasteiger partial charge in [-0.3, -0.25) is 14.4 Å². The summed E-state index contributed by atoms with van der Waals surface area (Å²) >= 11 is 0. The molecule has 35 heavy (non-hydrogen) atoms. The number of nitrogens with one attached hydrogen (secondary N) is 3. The smallest absolute Gasteiger partial charge is 0.323 e. The Morgan fingerprint density at radius 3 is 2.66 bits per heavy atom. The molecule has 2 amide bonds. The molecular weight excluding hydrogens is 446 g/mol. The lowest BCUT2D eigenvalue weighted by Gasteiger charge is -2.22. The van der Waals surface area contributed by atoms with Crippen molar-refractivity contribution in [3.63, 3.8) is 0 Å². The third kappa shape index (κ3) is 6.38. The molecule has 1 unspecified atom stereocenters. The van der Waals surface area contributed by atoms with Gasteiger partial charge < -0.3 is 25.6 Å². The minimum absolute atomic E-state index is 0.0515. The SMILES string of the molecule is O=C(O)CN1C(=O)CCC(CC(=O)NCCCCCNc2nc3ccccc3[nH]2)c2ccccc21. The van der Waals surface area contributed by atoms with Crippen LogP contribution < -0.4 is 15.5 Å². The van der Waals surface area contributed by atoms with Crippen LogP contribution in [0.2, 0.25) is 0 Å². The molecule has 1 aromatic heterocycles. The minimum Gasteiger partial charge on any atom is -0.480 e. The Balaban J connectivity index is 1.19. The maximum atomic E-state index is 12.6. The zero-order valence-electron chi connectivity index (χ0n) is 19.6. The fourth-order valence-electron chi connectivity index (χ4n) is 4.52. The molecule has 0 spiro atoms. The first kappa shape index (κ1) is 24.3.